The lowest BCUT2D eigenvalue weighted by Crippen LogP contribution is -2.43. The Kier molecular flexibility index (Phi) is 3.19. The lowest BCUT2D eigenvalue weighted by Gasteiger charge is -2.16. The molecule has 0 bridgehead atoms. The van der Waals surface area contributed by atoms with E-state index in [-0.39, 0.29) is 0 Å². The van der Waals surface area contributed by atoms with Crippen LogP contribution >= 0.6 is 0 Å². The first-order chi connectivity index (χ1) is 4.90. The van der Waals surface area contributed by atoms with Crippen molar-refractivity contribution >= 4 is 5.97 Å². The van der Waals surface area contributed by atoms with E-state index >= 15 is 0 Å². The van der Waals surface area contributed by atoms with Gasteiger partial charge in [0.15, 0.2) is 0 Å². The molecule has 0 saturated heterocycles. The molecule has 0 aromatic carbocycles. The van der Waals surface area contributed by atoms with Crippen molar-refractivity contribution in [2.24, 2.45) is 5.73 Å². The van der Waals surface area contributed by atoms with Gasteiger partial charge in [0.2, 0.25) is 0 Å². The van der Waals surface area contributed by atoms with Gasteiger partial charge < -0.3 is 10.5 Å². The Morgan fingerprint density at radius 3 is 2.45 bits per heavy atom. The number of ether oxygens (including phenoxy) is 1. The van der Waals surface area contributed by atoms with Crippen molar-refractivity contribution in [1.29, 1.82) is 0 Å². The van der Waals surface area contributed by atoms with Crippen molar-refractivity contribution in [3.05, 3.63) is 11.9 Å². The minimum absolute atomic E-state index is 0.500. The molecule has 0 aliphatic rings. The van der Waals surface area contributed by atoms with Gasteiger partial charge in [0, 0.05) is 0 Å². The van der Waals surface area contributed by atoms with Crippen LogP contribution in [0, 0.1) is 0 Å². The van der Waals surface area contributed by atoms with Crippen LogP contribution in [0.2, 0.25) is 0 Å². The maximum atomic E-state index is 12.3. The number of methoxy groups -OCH3 is 1. The molecule has 0 rings (SSSR count). The van der Waals surface area contributed by atoms with Crippen LogP contribution in [-0.2, 0) is 9.53 Å². The molecule has 1 unspecified atom stereocenters. The Morgan fingerprint density at radius 1 is 1.73 bits per heavy atom. The number of rotatable bonds is 2. The first-order valence-corrected chi connectivity index (χ1v) is 3.12. The number of halogens is 1. The maximum absolute atomic E-state index is 12.3. The zero-order valence-electron chi connectivity index (χ0n) is 6.85. The number of nitrogens with two attached hydrogens (primary N) is 1. The molecule has 0 aromatic heterocycles. The standard InChI is InChI=1S/C7H12FNO2/c1-5(8)4-7(2,9)6(10)11-3/h4H,9H2,1-3H3/b5-4-. The predicted octanol–water partition coefficient (Wildman–Crippen LogP) is 0.750. The highest BCUT2D eigenvalue weighted by Crippen LogP contribution is 2.08. The highest BCUT2D eigenvalue weighted by atomic mass is 19.1. The summed E-state index contributed by atoms with van der Waals surface area (Å²) in [5.74, 6) is -1.16. The van der Waals surface area contributed by atoms with Crippen molar-refractivity contribution in [2.45, 2.75) is 19.4 Å². The molecule has 2 N–H and O–H groups in total. The van der Waals surface area contributed by atoms with E-state index in [1.807, 2.05) is 0 Å². The maximum Gasteiger partial charge on any atom is 0.329 e. The second-order valence-corrected chi connectivity index (χ2v) is 2.51. The van der Waals surface area contributed by atoms with Gasteiger partial charge >= 0.3 is 5.97 Å². The molecule has 4 heteroatoms. The van der Waals surface area contributed by atoms with Crippen molar-refractivity contribution in [1.82, 2.24) is 0 Å². The second kappa shape index (κ2) is 3.48. The predicted molar refractivity (Wildman–Crippen MR) is 39.5 cm³/mol. The highest BCUT2D eigenvalue weighted by Gasteiger charge is 2.26. The van der Waals surface area contributed by atoms with Crippen molar-refractivity contribution < 1.29 is 13.9 Å². The molecule has 0 aliphatic carbocycles. The molecular formula is C7H12FNO2. The molecule has 11 heavy (non-hydrogen) atoms. The summed E-state index contributed by atoms with van der Waals surface area (Å²) < 4.78 is 16.6. The third-order valence-corrected chi connectivity index (χ3v) is 1.12. The Hall–Kier alpha value is -0.900. The molecule has 0 spiro atoms. The fourth-order valence-corrected chi connectivity index (χ4v) is 0.692. The number of esters is 1. The molecule has 0 aromatic rings. The van der Waals surface area contributed by atoms with Gasteiger partial charge in [-0.25, -0.2) is 9.18 Å². The SMILES string of the molecule is COC(=O)C(C)(N)/C=C(/C)F. The lowest BCUT2D eigenvalue weighted by atomic mass is 10.0. The van der Waals surface area contributed by atoms with Crippen molar-refractivity contribution in [2.75, 3.05) is 7.11 Å². The molecule has 0 fully saturated rings. The van der Waals surface area contributed by atoms with Gasteiger partial charge in [-0.1, -0.05) is 0 Å². The van der Waals surface area contributed by atoms with Crippen LogP contribution in [0.4, 0.5) is 4.39 Å². The van der Waals surface area contributed by atoms with Crippen LogP contribution in [0.3, 0.4) is 0 Å². The van der Waals surface area contributed by atoms with Gasteiger partial charge in [-0.3, -0.25) is 0 Å². The molecule has 0 heterocycles. The Morgan fingerprint density at radius 2 is 2.18 bits per heavy atom. The van der Waals surface area contributed by atoms with E-state index in [4.69, 9.17) is 5.73 Å². The molecule has 0 radical (unpaired) electrons. The largest absolute Gasteiger partial charge is 0.467 e. The molecule has 1 atom stereocenters. The van der Waals surface area contributed by atoms with E-state index in [1.54, 1.807) is 0 Å². The highest BCUT2D eigenvalue weighted by molar-refractivity contribution is 5.82. The minimum Gasteiger partial charge on any atom is -0.467 e. The average molecular weight is 161 g/mol. The summed E-state index contributed by atoms with van der Waals surface area (Å²) in [4.78, 5) is 10.8. The monoisotopic (exact) mass is 161 g/mol. The smallest absolute Gasteiger partial charge is 0.329 e. The summed E-state index contributed by atoms with van der Waals surface area (Å²) in [6.07, 6.45) is 1.01. The molecular weight excluding hydrogens is 149 g/mol. The number of hydrogen-bond acceptors (Lipinski definition) is 3. The molecule has 3 nitrogen and oxygen atoms in total. The summed E-state index contributed by atoms with van der Waals surface area (Å²) in [7, 11) is 1.20. The fourth-order valence-electron chi connectivity index (χ4n) is 0.692. The number of allylic oxidation sites excluding steroid dienone is 1. The van der Waals surface area contributed by atoms with Gasteiger partial charge in [0.05, 0.1) is 12.9 Å². The van der Waals surface area contributed by atoms with Crippen LogP contribution in [-0.4, -0.2) is 18.6 Å². The van der Waals surface area contributed by atoms with E-state index in [0.29, 0.717) is 0 Å². The normalized spacial score (nSPS) is 17.4. The minimum atomic E-state index is -1.37. The zero-order chi connectivity index (χ0) is 9.07. The van der Waals surface area contributed by atoms with Gasteiger partial charge in [0.25, 0.3) is 0 Å². The Bertz CT molecular complexity index is 183. The first kappa shape index (κ1) is 10.1. The number of hydrogen-bond donors (Lipinski definition) is 1. The fraction of sp³-hybridized carbons (Fsp3) is 0.571. The van der Waals surface area contributed by atoms with Gasteiger partial charge in [0.1, 0.15) is 5.54 Å². The molecule has 64 valence electrons. The van der Waals surface area contributed by atoms with Gasteiger partial charge in [-0.15, -0.1) is 0 Å². The Balaban J connectivity index is 4.46. The number of carbonyl (C=O) groups excluding carboxylic acids is 1. The third-order valence-electron chi connectivity index (χ3n) is 1.12. The van der Waals surface area contributed by atoms with Crippen molar-refractivity contribution in [3.8, 4) is 0 Å². The average Bonchev–Trinajstić information content (AvgIpc) is 1.83. The van der Waals surface area contributed by atoms with Gasteiger partial charge in [-0.05, 0) is 19.9 Å². The Labute approximate surface area is 65.0 Å². The van der Waals surface area contributed by atoms with E-state index in [1.165, 1.54) is 21.0 Å². The third kappa shape index (κ3) is 3.13. The van der Waals surface area contributed by atoms with Crippen molar-refractivity contribution in [3.63, 3.8) is 0 Å². The van der Waals surface area contributed by atoms with Crippen LogP contribution in [0.1, 0.15) is 13.8 Å². The van der Waals surface area contributed by atoms with Crippen LogP contribution < -0.4 is 5.73 Å². The van der Waals surface area contributed by atoms with E-state index in [9.17, 15) is 9.18 Å². The summed E-state index contributed by atoms with van der Waals surface area (Å²) in [6, 6.07) is 0. The summed E-state index contributed by atoms with van der Waals surface area (Å²) in [5.41, 5.74) is 4.01. The van der Waals surface area contributed by atoms with Gasteiger partial charge in [-0.2, -0.15) is 0 Å². The van der Waals surface area contributed by atoms with Crippen LogP contribution in [0.15, 0.2) is 11.9 Å². The number of carbonyl (C=O) groups is 1. The summed E-state index contributed by atoms with van der Waals surface area (Å²) in [6.45, 7) is 2.59. The topological polar surface area (TPSA) is 52.3 Å². The second-order valence-electron chi connectivity index (χ2n) is 2.51. The molecule has 0 amide bonds. The van der Waals surface area contributed by atoms with Crippen LogP contribution in [0.5, 0.6) is 0 Å². The van der Waals surface area contributed by atoms with E-state index in [2.05, 4.69) is 4.74 Å². The molecule has 0 aliphatic heterocycles. The summed E-state index contributed by atoms with van der Waals surface area (Å²) >= 11 is 0. The molecule has 0 saturated carbocycles. The lowest BCUT2D eigenvalue weighted by molar-refractivity contribution is -0.144. The van der Waals surface area contributed by atoms with E-state index < -0.39 is 17.3 Å². The van der Waals surface area contributed by atoms with E-state index in [0.717, 1.165) is 6.08 Å². The van der Waals surface area contributed by atoms with Crippen LogP contribution in [0.25, 0.3) is 0 Å². The quantitative estimate of drug-likeness (QED) is 0.608. The summed E-state index contributed by atoms with van der Waals surface area (Å²) in [5, 5.41) is 0. The first-order valence-electron chi connectivity index (χ1n) is 3.12. The zero-order valence-corrected chi connectivity index (χ0v) is 6.85.